The first-order valence-corrected chi connectivity index (χ1v) is 10.2. The Morgan fingerprint density at radius 3 is 2.83 bits per heavy atom. The van der Waals surface area contributed by atoms with Crippen LogP contribution in [0.5, 0.6) is 0 Å². The molecule has 2 heterocycles. The van der Waals surface area contributed by atoms with E-state index in [-0.39, 0.29) is 12.5 Å². The molecule has 0 saturated heterocycles. The van der Waals surface area contributed by atoms with E-state index in [0.717, 1.165) is 48.6 Å². The molecule has 1 aliphatic rings. The summed E-state index contributed by atoms with van der Waals surface area (Å²) in [5.41, 5.74) is 2.46. The summed E-state index contributed by atoms with van der Waals surface area (Å²) in [7, 11) is 0. The first-order chi connectivity index (χ1) is 14.2. The Labute approximate surface area is 174 Å². The number of aryl methyl sites for hydroxylation is 1. The number of rotatable bonds is 6. The van der Waals surface area contributed by atoms with Gasteiger partial charge in [0.25, 0.3) is 0 Å². The number of hydrogen-bond donors (Lipinski definition) is 1. The summed E-state index contributed by atoms with van der Waals surface area (Å²) >= 11 is 6.44. The van der Waals surface area contributed by atoms with Crippen LogP contribution < -0.4 is 5.32 Å². The Hall–Kier alpha value is -2.70. The van der Waals surface area contributed by atoms with Crippen LogP contribution in [0.25, 0.3) is 11.4 Å². The third-order valence-corrected chi connectivity index (χ3v) is 5.27. The molecule has 4 rings (SSSR count). The van der Waals surface area contributed by atoms with Crippen molar-refractivity contribution >= 4 is 23.2 Å². The van der Waals surface area contributed by atoms with Crippen molar-refractivity contribution in [1.29, 1.82) is 0 Å². The van der Waals surface area contributed by atoms with Crippen molar-refractivity contribution in [1.82, 2.24) is 14.8 Å². The minimum Gasteiger partial charge on any atom is -0.367 e. The number of carbonyl (C=O) groups is 1. The first-order valence-electron chi connectivity index (χ1n) is 9.84. The van der Waals surface area contributed by atoms with Gasteiger partial charge in [-0.2, -0.15) is 0 Å². The minimum absolute atomic E-state index is 0.0207. The number of aromatic nitrogens is 3. The molecular weight excluding hydrogens is 388 g/mol. The quantitative estimate of drug-likeness (QED) is 0.650. The second-order valence-corrected chi connectivity index (χ2v) is 7.53. The molecule has 1 amide bonds. The van der Waals surface area contributed by atoms with Crippen molar-refractivity contribution in [3.05, 3.63) is 64.9 Å². The van der Waals surface area contributed by atoms with Crippen LogP contribution in [0, 0.1) is 0 Å². The number of fused-ring (bicyclic) bond motifs is 1. The molecule has 0 atom stereocenters. The van der Waals surface area contributed by atoms with E-state index in [1.165, 1.54) is 6.42 Å². The van der Waals surface area contributed by atoms with Crippen LogP contribution in [-0.4, -0.2) is 27.3 Å². The zero-order valence-corrected chi connectivity index (χ0v) is 16.9. The number of ether oxygens (including phenoxy) is 1. The van der Waals surface area contributed by atoms with Gasteiger partial charge in [-0.25, -0.2) is 0 Å². The molecule has 2 aromatic carbocycles. The van der Waals surface area contributed by atoms with Crippen molar-refractivity contribution in [3.8, 4) is 11.4 Å². The molecule has 6 nitrogen and oxygen atoms in total. The maximum absolute atomic E-state index is 12.3. The van der Waals surface area contributed by atoms with E-state index in [2.05, 4.69) is 20.1 Å². The second kappa shape index (κ2) is 9.20. The van der Waals surface area contributed by atoms with Crippen molar-refractivity contribution in [3.63, 3.8) is 0 Å². The molecule has 0 fully saturated rings. The Balaban J connectivity index is 1.43. The number of benzene rings is 2. The van der Waals surface area contributed by atoms with Gasteiger partial charge < -0.3 is 14.6 Å². The van der Waals surface area contributed by atoms with Crippen LogP contribution in [0.4, 0.5) is 5.69 Å². The summed E-state index contributed by atoms with van der Waals surface area (Å²) in [6, 6.07) is 15.2. The summed E-state index contributed by atoms with van der Waals surface area (Å²) in [5.74, 6) is 1.54. The molecule has 0 bridgehead atoms. The number of nitrogens with one attached hydrogen (secondary N) is 1. The highest BCUT2D eigenvalue weighted by Crippen LogP contribution is 2.31. The smallest absolute Gasteiger partial charge is 0.250 e. The average Bonchev–Trinajstić information content (AvgIpc) is 2.98. The van der Waals surface area contributed by atoms with Gasteiger partial charge in [0.15, 0.2) is 5.82 Å². The van der Waals surface area contributed by atoms with Crippen LogP contribution >= 0.6 is 11.6 Å². The monoisotopic (exact) mass is 410 g/mol. The third kappa shape index (κ3) is 4.83. The fraction of sp³-hybridized carbons (Fsp3) is 0.318. The van der Waals surface area contributed by atoms with Gasteiger partial charge in [-0.1, -0.05) is 48.4 Å². The van der Waals surface area contributed by atoms with Crippen molar-refractivity contribution in [2.75, 3.05) is 11.9 Å². The van der Waals surface area contributed by atoms with Gasteiger partial charge in [0.05, 0.1) is 11.6 Å². The van der Waals surface area contributed by atoms with Gasteiger partial charge >= 0.3 is 0 Å². The van der Waals surface area contributed by atoms with Gasteiger partial charge in [-0.05, 0) is 36.6 Å². The maximum atomic E-state index is 12.3. The lowest BCUT2D eigenvalue weighted by molar-refractivity contribution is -0.121. The highest BCUT2D eigenvalue weighted by atomic mass is 35.5. The van der Waals surface area contributed by atoms with Crippen molar-refractivity contribution in [2.45, 2.75) is 38.8 Å². The van der Waals surface area contributed by atoms with E-state index in [1.807, 2.05) is 36.4 Å². The van der Waals surface area contributed by atoms with Crippen LogP contribution in [0.1, 0.15) is 30.7 Å². The van der Waals surface area contributed by atoms with E-state index in [0.29, 0.717) is 17.3 Å². The first kappa shape index (κ1) is 19.6. The van der Waals surface area contributed by atoms with E-state index in [4.69, 9.17) is 16.3 Å². The number of nitrogens with zero attached hydrogens (tertiary/aromatic N) is 3. The lowest BCUT2D eigenvalue weighted by Crippen LogP contribution is -2.18. The van der Waals surface area contributed by atoms with Crippen molar-refractivity contribution < 1.29 is 9.53 Å². The van der Waals surface area contributed by atoms with Gasteiger partial charge in [0.1, 0.15) is 12.4 Å². The number of amides is 1. The van der Waals surface area contributed by atoms with E-state index >= 15 is 0 Å². The van der Waals surface area contributed by atoms with Crippen LogP contribution in [-0.2, 0) is 29.1 Å². The highest BCUT2D eigenvalue weighted by Gasteiger charge is 2.18. The molecule has 0 radical (unpaired) electrons. The normalized spacial score (nSPS) is 13.6. The van der Waals surface area contributed by atoms with Crippen LogP contribution in [0.2, 0.25) is 5.02 Å². The van der Waals surface area contributed by atoms with E-state index in [9.17, 15) is 4.79 Å². The summed E-state index contributed by atoms with van der Waals surface area (Å²) in [6.07, 6.45) is 4.35. The molecule has 3 aromatic rings. The summed E-state index contributed by atoms with van der Waals surface area (Å²) in [6.45, 7) is 1.26. The Bertz CT molecular complexity index is 988. The van der Waals surface area contributed by atoms with E-state index in [1.54, 1.807) is 12.1 Å². The predicted molar refractivity (Wildman–Crippen MR) is 113 cm³/mol. The molecule has 150 valence electrons. The Kier molecular flexibility index (Phi) is 6.22. The standard InChI is InChI=1S/C22H23ClN4O2/c23-19-11-10-17(24-21(28)15-29-14-16-7-3-1-4-8-16)13-18(19)22-26-25-20-9-5-2-6-12-27(20)22/h1,3-4,7-8,10-11,13H,2,5-6,9,12,14-15H2,(H,24,28). The molecule has 0 saturated carbocycles. The van der Waals surface area contributed by atoms with E-state index < -0.39 is 0 Å². The molecule has 29 heavy (non-hydrogen) atoms. The topological polar surface area (TPSA) is 69.0 Å². The molecule has 0 aliphatic carbocycles. The summed E-state index contributed by atoms with van der Waals surface area (Å²) < 4.78 is 7.65. The Morgan fingerprint density at radius 1 is 1.10 bits per heavy atom. The largest absolute Gasteiger partial charge is 0.367 e. The molecular formula is C22H23ClN4O2. The predicted octanol–water partition coefficient (Wildman–Crippen LogP) is 4.48. The van der Waals surface area contributed by atoms with Crippen molar-refractivity contribution in [2.24, 2.45) is 0 Å². The minimum atomic E-state index is -0.214. The van der Waals surface area contributed by atoms with Crippen LogP contribution in [0.3, 0.4) is 0 Å². The maximum Gasteiger partial charge on any atom is 0.250 e. The van der Waals surface area contributed by atoms with Gasteiger partial charge in [-0.15, -0.1) is 10.2 Å². The van der Waals surface area contributed by atoms with Crippen LogP contribution in [0.15, 0.2) is 48.5 Å². The zero-order chi connectivity index (χ0) is 20.1. The number of carbonyl (C=O) groups excluding carboxylic acids is 1. The fourth-order valence-corrected chi connectivity index (χ4v) is 3.69. The molecule has 1 aliphatic heterocycles. The number of halogens is 1. The summed E-state index contributed by atoms with van der Waals surface area (Å²) in [5, 5.41) is 12.2. The number of anilines is 1. The lowest BCUT2D eigenvalue weighted by atomic mass is 10.1. The van der Waals surface area contributed by atoms with Gasteiger partial charge in [0.2, 0.25) is 5.91 Å². The second-order valence-electron chi connectivity index (χ2n) is 7.12. The molecule has 7 heteroatoms. The molecule has 1 N–H and O–H groups in total. The lowest BCUT2D eigenvalue weighted by Gasteiger charge is -2.11. The van der Waals surface area contributed by atoms with Gasteiger partial charge in [-0.3, -0.25) is 4.79 Å². The van der Waals surface area contributed by atoms with Gasteiger partial charge in [0, 0.05) is 24.2 Å². The highest BCUT2D eigenvalue weighted by molar-refractivity contribution is 6.33. The average molecular weight is 411 g/mol. The summed E-state index contributed by atoms with van der Waals surface area (Å²) in [4.78, 5) is 12.3. The SMILES string of the molecule is O=C(COCc1ccccc1)Nc1ccc(Cl)c(-c2nnc3n2CCCCC3)c1. The zero-order valence-electron chi connectivity index (χ0n) is 16.1. The molecule has 0 spiro atoms. The fourth-order valence-electron chi connectivity index (χ4n) is 3.49. The Morgan fingerprint density at radius 2 is 1.97 bits per heavy atom. The number of hydrogen-bond acceptors (Lipinski definition) is 4. The molecule has 1 aromatic heterocycles. The molecule has 0 unspecified atom stereocenters. The third-order valence-electron chi connectivity index (χ3n) is 4.95.